The van der Waals surface area contributed by atoms with Gasteiger partial charge in [-0.25, -0.2) is 4.39 Å². The number of Topliss-reactive ketones (excluding diaryl/α,β-unsaturated/α-hetero) is 1. The standard InChI is InChI=1S/C17H18FNO/c1-19(13-15-9-5-6-10-16(15)18)12-11-17(20)14-7-3-2-4-8-14/h2-10H,11-13H2,1H3. The van der Waals surface area contributed by atoms with Gasteiger partial charge < -0.3 is 4.90 Å². The highest BCUT2D eigenvalue weighted by molar-refractivity contribution is 5.96. The second kappa shape index (κ2) is 6.96. The number of ketones is 1. The largest absolute Gasteiger partial charge is 0.302 e. The van der Waals surface area contributed by atoms with E-state index in [2.05, 4.69) is 0 Å². The molecule has 0 heterocycles. The van der Waals surface area contributed by atoms with Gasteiger partial charge in [-0.15, -0.1) is 0 Å². The Morgan fingerprint density at radius 3 is 2.40 bits per heavy atom. The van der Waals surface area contributed by atoms with Crippen LogP contribution >= 0.6 is 0 Å². The first-order valence-corrected chi connectivity index (χ1v) is 6.67. The van der Waals surface area contributed by atoms with Crippen molar-refractivity contribution in [3.8, 4) is 0 Å². The van der Waals surface area contributed by atoms with E-state index >= 15 is 0 Å². The summed E-state index contributed by atoms with van der Waals surface area (Å²) in [6.07, 6.45) is 0.439. The molecular formula is C17H18FNO. The van der Waals surface area contributed by atoms with E-state index in [0.717, 1.165) is 5.56 Å². The number of carbonyl (C=O) groups excluding carboxylic acids is 1. The molecule has 2 aromatic carbocycles. The van der Waals surface area contributed by atoms with Crippen molar-refractivity contribution in [2.75, 3.05) is 13.6 Å². The molecule has 0 bridgehead atoms. The summed E-state index contributed by atoms with van der Waals surface area (Å²) in [6, 6.07) is 16.0. The van der Waals surface area contributed by atoms with E-state index in [4.69, 9.17) is 0 Å². The highest BCUT2D eigenvalue weighted by atomic mass is 19.1. The van der Waals surface area contributed by atoms with Crippen molar-refractivity contribution in [2.24, 2.45) is 0 Å². The Morgan fingerprint density at radius 2 is 1.70 bits per heavy atom. The van der Waals surface area contributed by atoms with Gasteiger partial charge in [-0.3, -0.25) is 4.79 Å². The van der Waals surface area contributed by atoms with Crippen molar-refractivity contribution in [2.45, 2.75) is 13.0 Å². The fraction of sp³-hybridized carbons (Fsp3) is 0.235. The van der Waals surface area contributed by atoms with Crippen LogP contribution < -0.4 is 0 Å². The molecule has 0 radical (unpaired) electrons. The molecular weight excluding hydrogens is 253 g/mol. The number of rotatable bonds is 6. The van der Waals surface area contributed by atoms with Crippen LogP contribution in [-0.2, 0) is 6.54 Å². The van der Waals surface area contributed by atoms with E-state index in [1.165, 1.54) is 6.07 Å². The smallest absolute Gasteiger partial charge is 0.164 e. The van der Waals surface area contributed by atoms with Gasteiger partial charge in [0.2, 0.25) is 0 Å². The maximum atomic E-state index is 13.5. The molecule has 0 saturated carbocycles. The number of hydrogen-bond acceptors (Lipinski definition) is 2. The third-order valence-electron chi connectivity index (χ3n) is 3.21. The van der Waals surface area contributed by atoms with Gasteiger partial charge in [0.1, 0.15) is 5.82 Å². The summed E-state index contributed by atoms with van der Waals surface area (Å²) in [5.41, 5.74) is 1.38. The van der Waals surface area contributed by atoms with Gasteiger partial charge in [0.05, 0.1) is 0 Å². The van der Waals surface area contributed by atoms with Crippen molar-refractivity contribution >= 4 is 5.78 Å². The molecule has 0 saturated heterocycles. The number of nitrogens with zero attached hydrogens (tertiary/aromatic N) is 1. The minimum absolute atomic E-state index is 0.117. The molecule has 2 nitrogen and oxygen atoms in total. The molecule has 0 atom stereocenters. The zero-order chi connectivity index (χ0) is 14.4. The zero-order valence-corrected chi connectivity index (χ0v) is 11.6. The molecule has 2 aromatic rings. The van der Waals surface area contributed by atoms with Crippen LogP contribution in [0.1, 0.15) is 22.3 Å². The minimum atomic E-state index is -0.200. The molecule has 0 spiro atoms. The van der Waals surface area contributed by atoms with Crippen molar-refractivity contribution < 1.29 is 9.18 Å². The van der Waals surface area contributed by atoms with Crippen molar-refractivity contribution in [3.63, 3.8) is 0 Å². The summed E-state index contributed by atoms with van der Waals surface area (Å²) in [5.74, 6) is -0.0836. The molecule has 0 fully saturated rings. The number of hydrogen-bond donors (Lipinski definition) is 0. The van der Waals surface area contributed by atoms with Crippen LogP contribution in [0.4, 0.5) is 4.39 Å². The predicted molar refractivity (Wildman–Crippen MR) is 78.1 cm³/mol. The van der Waals surface area contributed by atoms with Gasteiger partial charge in [0, 0.05) is 30.6 Å². The van der Waals surface area contributed by atoms with Gasteiger partial charge in [-0.2, -0.15) is 0 Å². The lowest BCUT2D eigenvalue weighted by atomic mass is 10.1. The summed E-state index contributed by atoms with van der Waals surface area (Å²) in [4.78, 5) is 13.9. The van der Waals surface area contributed by atoms with Crippen LogP contribution in [0.25, 0.3) is 0 Å². The Balaban J connectivity index is 1.85. The Kier molecular flexibility index (Phi) is 5.02. The molecule has 2 rings (SSSR count). The Hall–Kier alpha value is -2.00. The third kappa shape index (κ3) is 4.00. The van der Waals surface area contributed by atoms with Crippen molar-refractivity contribution in [1.82, 2.24) is 4.90 Å². The van der Waals surface area contributed by atoms with E-state index in [0.29, 0.717) is 25.1 Å². The van der Waals surface area contributed by atoms with Crippen LogP contribution in [0, 0.1) is 5.82 Å². The average molecular weight is 271 g/mol. The van der Waals surface area contributed by atoms with E-state index in [-0.39, 0.29) is 11.6 Å². The summed E-state index contributed by atoms with van der Waals surface area (Å²) < 4.78 is 13.5. The van der Waals surface area contributed by atoms with Crippen LogP contribution in [-0.4, -0.2) is 24.3 Å². The second-order valence-corrected chi connectivity index (χ2v) is 4.87. The molecule has 0 aliphatic heterocycles. The van der Waals surface area contributed by atoms with Crippen LogP contribution in [0.15, 0.2) is 54.6 Å². The highest BCUT2D eigenvalue weighted by Crippen LogP contribution is 2.10. The second-order valence-electron chi connectivity index (χ2n) is 4.87. The molecule has 104 valence electrons. The first-order valence-electron chi connectivity index (χ1n) is 6.67. The molecule has 0 unspecified atom stereocenters. The Morgan fingerprint density at radius 1 is 1.05 bits per heavy atom. The molecule has 3 heteroatoms. The third-order valence-corrected chi connectivity index (χ3v) is 3.21. The Labute approximate surface area is 118 Å². The number of benzene rings is 2. The highest BCUT2D eigenvalue weighted by Gasteiger charge is 2.09. The molecule has 0 aliphatic rings. The molecule has 0 aliphatic carbocycles. The fourth-order valence-electron chi connectivity index (χ4n) is 2.06. The summed E-state index contributed by atoms with van der Waals surface area (Å²) in [6.45, 7) is 1.12. The molecule has 20 heavy (non-hydrogen) atoms. The first-order chi connectivity index (χ1) is 9.66. The van der Waals surface area contributed by atoms with Crippen LogP contribution in [0.3, 0.4) is 0 Å². The summed E-state index contributed by atoms with van der Waals surface area (Å²) >= 11 is 0. The van der Waals surface area contributed by atoms with E-state index in [1.807, 2.05) is 48.3 Å². The van der Waals surface area contributed by atoms with Crippen LogP contribution in [0.2, 0.25) is 0 Å². The lowest BCUT2D eigenvalue weighted by Crippen LogP contribution is -2.22. The van der Waals surface area contributed by atoms with E-state index in [9.17, 15) is 9.18 Å². The van der Waals surface area contributed by atoms with Crippen molar-refractivity contribution in [1.29, 1.82) is 0 Å². The Bertz CT molecular complexity index is 568. The van der Waals surface area contributed by atoms with E-state index in [1.54, 1.807) is 12.1 Å². The van der Waals surface area contributed by atoms with Gasteiger partial charge in [0.25, 0.3) is 0 Å². The van der Waals surface area contributed by atoms with Gasteiger partial charge in [-0.1, -0.05) is 48.5 Å². The zero-order valence-electron chi connectivity index (χ0n) is 11.6. The van der Waals surface area contributed by atoms with Gasteiger partial charge in [0.15, 0.2) is 5.78 Å². The molecule has 0 N–H and O–H groups in total. The maximum absolute atomic E-state index is 13.5. The lowest BCUT2D eigenvalue weighted by Gasteiger charge is -2.16. The molecule has 0 amide bonds. The number of halogens is 1. The normalized spacial score (nSPS) is 10.8. The topological polar surface area (TPSA) is 20.3 Å². The fourth-order valence-corrected chi connectivity index (χ4v) is 2.06. The average Bonchev–Trinajstić information content (AvgIpc) is 2.48. The van der Waals surface area contributed by atoms with Gasteiger partial charge in [-0.05, 0) is 13.1 Å². The van der Waals surface area contributed by atoms with E-state index < -0.39 is 0 Å². The van der Waals surface area contributed by atoms with Crippen LogP contribution in [0.5, 0.6) is 0 Å². The molecule has 0 aromatic heterocycles. The lowest BCUT2D eigenvalue weighted by molar-refractivity contribution is 0.0967. The minimum Gasteiger partial charge on any atom is -0.302 e. The SMILES string of the molecule is CN(CCC(=O)c1ccccc1)Cc1ccccc1F. The van der Waals surface area contributed by atoms with Crippen molar-refractivity contribution in [3.05, 3.63) is 71.5 Å². The summed E-state index contributed by atoms with van der Waals surface area (Å²) in [7, 11) is 1.89. The number of carbonyl (C=O) groups is 1. The first kappa shape index (κ1) is 14.4. The summed E-state index contributed by atoms with van der Waals surface area (Å²) in [5, 5.41) is 0. The maximum Gasteiger partial charge on any atom is 0.164 e. The monoisotopic (exact) mass is 271 g/mol. The predicted octanol–water partition coefficient (Wildman–Crippen LogP) is 3.53. The quantitative estimate of drug-likeness (QED) is 0.749. The van der Waals surface area contributed by atoms with Gasteiger partial charge >= 0.3 is 0 Å².